The molecule has 20 heavy (non-hydrogen) atoms. The first kappa shape index (κ1) is 15.0. The first-order valence-corrected chi connectivity index (χ1v) is 6.95. The number of carboxylic acids is 1. The fraction of sp³-hybridized carbons (Fsp3) is 0.562. The van der Waals surface area contributed by atoms with Crippen molar-refractivity contribution in [3.63, 3.8) is 0 Å². The molecule has 2 atom stereocenters. The number of carbonyl (C=O) groups is 1. The molecule has 2 unspecified atom stereocenters. The highest BCUT2D eigenvalue weighted by Crippen LogP contribution is 2.38. The van der Waals surface area contributed by atoms with Crippen LogP contribution in [0.25, 0.3) is 0 Å². The summed E-state index contributed by atoms with van der Waals surface area (Å²) in [6.07, 6.45) is 0.788. The largest absolute Gasteiger partial charge is 0.480 e. The number of carboxylic acid groups (broad SMARTS) is 1. The molecule has 0 saturated carbocycles. The molecule has 2 rings (SSSR count). The third-order valence-electron chi connectivity index (χ3n) is 3.82. The second-order valence-electron chi connectivity index (χ2n) is 6.57. The topological polar surface area (TPSA) is 58.6 Å². The van der Waals surface area contributed by atoms with Gasteiger partial charge in [0.15, 0.2) is 0 Å². The standard InChI is InChI=1S/C16H23NO3/c1-15(2)10-12(16(3,4)20-15)17-13(14(18)19)11-8-6-5-7-9-11/h5-9,12-13,17H,10H2,1-4H3,(H,18,19). The van der Waals surface area contributed by atoms with E-state index in [9.17, 15) is 9.90 Å². The number of rotatable bonds is 4. The molecule has 1 fully saturated rings. The summed E-state index contributed by atoms with van der Waals surface area (Å²) in [5.41, 5.74) is 0.146. The van der Waals surface area contributed by atoms with Gasteiger partial charge in [-0.15, -0.1) is 0 Å². The van der Waals surface area contributed by atoms with E-state index in [0.717, 1.165) is 12.0 Å². The van der Waals surface area contributed by atoms with Crippen LogP contribution in [0.2, 0.25) is 0 Å². The Labute approximate surface area is 120 Å². The summed E-state index contributed by atoms with van der Waals surface area (Å²) in [4.78, 5) is 11.6. The summed E-state index contributed by atoms with van der Waals surface area (Å²) >= 11 is 0. The van der Waals surface area contributed by atoms with Crippen molar-refractivity contribution in [3.8, 4) is 0 Å². The number of hydrogen-bond donors (Lipinski definition) is 2. The lowest BCUT2D eigenvalue weighted by molar-refractivity contribution is -0.140. The van der Waals surface area contributed by atoms with Gasteiger partial charge in [-0.3, -0.25) is 10.1 Å². The first-order valence-electron chi connectivity index (χ1n) is 6.95. The molecule has 0 spiro atoms. The van der Waals surface area contributed by atoms with Gasteiger partial charge in [-0.2, -0.15) is 0 Å². The van der Waals surface area contributed by atoms with Crippen LogP contribution in [-0.4, -0.2) is 28.3 Å². The van der Waals surface area contributed by atoms with Gasteiger partial charge in [0, 0.05) is 6.04 Å². The first-order chi connectivity index (χ1) is 9.21. The SMILES string of the molecule is CC1(C)CC(NC(C(=O)O)c2ccccc2)C(C)(C)O1. The van der Waals surface area contributed by atoms with Crippen LogP contribution in [0.5, 0.6) is 0 Å². The van der Waals surface area contributed by atoms with Crippen LogP contribution >= 0.6 is 0 Å². The number of ether oxygens (including phenoxy) is 1. The van der Waals surface area contributed by atoms with Gasteiger partial charge >= 0.3 is 5.97 Å². The van der Waals surface area contributed by atoms with E-state index in [2.05, 4.69) is 5.32 Å². The fourth-order valence-electron chi connectivity index (χ4n) is 2.98. The minimum absolute atomic E-state index is 0.00111. The fourth-order valence-corrected chi connectivity index (χ4v) is 2.98. The van der Waals surface area contributed by atoms with E-state index in [0.29, 0.717) is 0 Å². The normalized spacial score (nSPS) is 25.3. The van der Waals surface area contributed by atoms with Crippen molar-refractivity contribution in [2.24, 2.45) is 0 Å². The third kappa shape index (κ3) is 3.19. The van der Waals surface area contributed by atoms with Crippen molar-refractivity contribution in [2.45, 2.75) is 57.4 Å². The molecule has 1 aliphatic heterocycles. The van der Waals surface area contributed by atoms with Crippen molar-refractivity contribution in [1.29, 1.82) is 0 Å². The number of hydrogen-bond acceptors (Lipinski definition) is 3. The van der Waals surface area contributed by atoms with Gasteiger partial charge in [0.25, 0.3) is 0 Å². The maximum Gasteiger partial charge on any atom is 0.325 e. The zero-order valence-electron chi connectivity index (χ0n) is 12.5. The Morgan fingerprint density at radius 1 is 1.30 bits per heavy atom. The molecule has 1 heterocycles. The molecule has 4 nitrogen and oxygen atoms in total. The lowest BCUT2D eigenvalue weighted by Crippen LogP contribution is -2.46. The molecule has 0 amide bonds. The van der Waals surface area contributed by atoms with E-state index < -0.39 is 12.0 Å². The van der Waals surface area contributed by atoms with E-state index in [1.165, 1.54) is 0 Å². The highest BCUT2D eigenvalue weighted by Gasteiger charge is 2.47. The monoisotopic (exact) mass is 277 g/mol. The van der Waals surface area contributed by atoms with Crippen molar-refractivity contribution in [3.05, 3.63) is 35.9 Å². The zero-order valence-corrected chi connectivity index (χ0v) is 12.5. The lowest BCUT2D eigenvalue weighted by Gasteiger charge is -2.30. The zero-order chi connectivity index (χ0) is 15.0. The summed E-state index contributed by atoms with van der Waals surface area (Å²) in [7, 11) is 0. The predicted molar refractivity (Wildman–Crippen MR) is 77.6 cm³/mol. The lowest BCUT2D eigenvalue weighted by atomic mass is 9.93. The number of benzene rings is 1. The quantitative estimate of drug-likeness (QED) is 0.888. The molecule has 0 aliphatic carbocycles. The summed E-state index contributed by atoms with van der Waals surface area (Å²) in [6.45, 7) is 8.08. The van der Waals surface area contributed by atoms with Crippen molar-refractivity contribution in [2.75, 3.05) is 0 Å². The Balaban J connectivity index is 2.20. The smallest absolute Gasteiger partial charge is 0.325 e. The molecule has 1 saturated heterocycles. The Kier molecular flexibility index (Phi) is 3.89. The van der Waals surface area contributed by atoms with Gasteiger partial charge in [0.1, 0.15) is 6.04 Å². The van der Waals surface area contributed by atoms with Gasteiger partial charge < -0.3 is 9.84 Å². The van der Waals surface area contributed by atoms with Gasteiger partial charge in [-0.05, 0) is 39.7 Å². The van der Waals surface area contributed by atoms with Crippen LogP contribution in [0.15, 0.2) is 30.3 Å². The summed E-state index contributed by atoms with van der Waals surface area (Å²) < 4.78 is 6.01. The molecule has 1 aliphatic rings. The van der Waals surface area contributed by atoms with Gasteiger partial charge in [-0.1, -0.05) is 30.3 Å². The Bertz CT molecular complexity index is 482. The average molecular weight is 277 g/mol. The molecule has 1 aromatic rings. The minimum atomic E-state index is -0.864. The second-order valence-corrected chi connectivity index (χ2v) is 6.57. The van der Waals surface area contributed by atoms with E-state index in [1.807, 2.05) is 58.0 Å². The Hall–Kier alpha value is -1.39. The molecule has 0 aromatic heterocycles. The highest BCUT2D eigenvalue weighted by atomic mass is 16.5. The molecule has 0 bridgehead atoms. The van der Waals surface area contributed by atoms with Crippen LogP contribution in [0.4, 0.5) is 0 Å². The van der Waals surface area contributed by atoms with E-state index in [4.69, 9.17) is 4.74 Å². The van der Waals surface area contributed by atoms with Crippen LogP contribution in [0.1, 0.15) is 45.7 Å². The van der Waals surface area contributed by atoms with Crippen LogP contribution in [0, 0.1) is 0 Å². The number of nitrogens with one attached hydrogen (secondary N) is 1. The average Bonchev–Trinajstić information content (AvgIpc) is 2.54. The molecule has 110 valence electrons. The van der Waals surface area contributed by atoms with Gasteiger partial charge in [-0.25, -0.2) is 0 Å². The van der Waals surface area contributed by atoms with Crippen molar-refractivity contribution < 1.29 is 14.6 Å². The molecule has 4 heteroatoms. The molecular formula is C16H23NO3. The second kappa shape index (κ2) is 5.19. The number of aliphatic carboxylic acids is 1. The maximum atomic E-state index is 11.6. The van der Waals surface area contributed by atoms with E-state index in [-0.39, 0.29) is 17.2 Å². The molecular weight excluding hydrogens is 254 g/mol. The van der Waals surface area contributed by atoms with Crippen LogP contribution in [0.3, 0.4) is 0 Å². The van der Waals surface area contributed by atoms with Gasteiger partial charge in [0.05, 0.1) is 11.2 Å². The van der Waals surface area contributed by atoms with Crippen LogP contribution in [-0.2, 0) is 9.53 Å². The maximum absolute atomic E-state index is 11.6. The van der Waals surface area contributed by atoms with Crippen LogP contribution < -0.4 is 5.32 Å². The highest BCUT2D eigenvalue weighted by molar-refractivity contribution is 5.75. The van der Waals surface area contributed by atoms with E-state index >= 15 is 0 Å². The third-order valence-corrected chi connectivity index (χ3v) is 3.82. The summed E-state index contributed by atoms with van der Waals surface area (Å²) in [5, 5.41) is 12.7. The predicted octanol–water partition coefficient (Wildman–Crippen LogP) is 2.75. The molecule has 0 radical (unpaired) electrons. The van der Waals surface area contributed by atoms with Crippen molar-refractivity contribution >= 4 is 5.97 Å². The van der Waals surface area contributed by atoms with Gasteiger partial charge in [0.2, 0.25) is 0 Å². The van der Waals surface area contributed by atoms with Crippen molar-refractivity contribution in [1.82, 2.24) is 5.32 Å². The summed E-state index contributed by atoms with van der Waals surface area (Å²) in [6, 6.07) is 8.55. The van der Waals surface area contributed by atoms with E-state index in [1.54, 1.807) is 0 Å². The molecule has 2 N–H and O–H groups in total. The minimum Gasteiger partial charge on any atom is -0.480 e. The summed E-state index contributed by atoms with van der Waals surface area (Å²) in [5.74, 6) is -0.864. The Morgan fingerprint density at radius 2 is 1.90 bits per heavy atom. The molecule has 1 aromatic carbocycles. The Morgan fingerprint density at radius 3 is 2.35 bits per heavy atom.